The van der Waals surface area contributed by atoms with Gasteiger partial charge in [0, 0.05) is 33.1 Å². The molecule has 0 spiro atoms. The number of nitrogen functional groups attached to an aromatic ring is 1. The summed E-state index contributed by atoms with van der Waals surface area (Å²) in [7, 11) is 0. The summed E-state index contributed by atoms with van der Waals surface area (Å²) in [5, 5.41) is 8.84. The quantitative estimate of drug-likeness (QED) is 0.768. The first-order chi connectivity index (χ1) is 9.11. The molecule has 19 heavy (non-hydrogen) atoms. The number of hydrogen-bond donors (Lipinski definition) is 1. The minimum absolute atomic E-state index is 0.120. The molecule has 0 bridgehead atoms. The van der Waals surface area contributed by atoms with Crippen molar-refractivity contribution in [2.75, 3.05) is 36.8 Å². The number of nitrogens with zero attached hydrogens (tertiary/aromatic N) is 3. The molecule has 2 rings (SSSR count). The molecule has 0 radical (unpaired) electrons. The van der Waals surface area contributed by atoms with Crippen LogP contribution in [0.1, 0.15) is 18.9 Å². The van der Waals surface area contributed by atoms with Gasteiger partial charge in [-0.15, -0.1) is 0 Å². The van der Waals surface area contributed by atoms with Crippen LogP contribution in [0.2, 0.25) is 0 Å². The second-order valence-electron chi connectivity index (χ2n) is 4.73. The van der Waals surface area contributed by atoms with Crippen LogP contribution in [-0.2, 0) is 4.79 Å². The van der Waals surface area contributed by atoms with E-state index >= 15 is 0 Å². The van der Waals surface area contributed by atoms with Gasteiger partial charge in [0.1, 0.15) is 0 Å². The van der Waals surface area contributed by atoms with Crippen LogP contribution < -0.4 is 10.6 Å². The topological polar surface area (TPSA) is 73.4 Å². The Labute approximate surface area is 113 Å². The molecule has 5 nitrogen and oxygen atoms in total. The number of nitrogens with two attached hydrogens (primary N) is 1. The van der Waals surface area contributed by atoms with Crippen LogP contribution in [0.15, 0.2) is 18.2 Å². The summed E-state index contributed by atoms with van der Waals surface area (Å²) in [5.74, 6) is 0.120. The predicted molar refractivity (Wildman–Crippen MR) is 74.7 cm³/mol. The lowest BCUT2D eigenvalue weighted by atomic mass is 10.1. The van der Waals surface area contributed by atoms with Gasteiger partial charge in [-0.1, -0.05) is 0 Å². The summed E-state index contributed by atoms with van der Waals surface area (Å²) >= 11 is 0. The molecule has 0 saturated carbocycles. The highest BCUT2D eigenvalue weighted by Crippen LogP contribution is 2.25. The summed E-state index contributed by atoms with van der Waals surface area (Å²) in [6.45, 7) is 4.76. The number of amides is 1. The highest BCUT2D eigenvalue weighted by molar-refractivity contribution is 5.74. The van der Waals surface area contributed by atoms with Crippen molar-refractivity contribution in [3.05, 3.63) is 23.8 Å². The molecular weight excluding hydrogens is 240 g/mol. The number of nitriles is 1. The number of carbonyl (C=O) groups is 1. The zero-order chi connectivity index (χ0) is 13.8. The molecule has 100 valence electrons. The second-order valence-corrected chi connectivity index (χ2v) is 4.73. The van der Waals surface area contributed by atoms with Gasteiger partial charge in [0.2, 0.25) is 5.91 Å². The van der Waals surface area contributed by atoms with E-state index in [0.717, 1.165) is 38.3 Å². The van der Waals surface area contributed by atoms with Gasteiger partial charge in [-0.25, -0.2) is 0 Å². The molecule has 1 heterocycles. The average molecular weight is 258 g/mol. The molecule has 1 aliphatic rings. The van der Waals surface area contributed by atoms with Gasteiger partial charge in [-0.3, -0.25) is 4.79 Å². The molecule has 0 aromatic heterocycles. The minimum Gasteiger partial charge on any atom is -0.397 e. The van der Waals surface area contributed by atoms with Crippen molar-refractivity contribution in [1.29, 1.82) is 5.26 Å². The van der Waals surface area contributed by atoms with Crippen molar-refractivity contribution in [1.82, 2.24) is 4.90 Å². The van der Waals surface area contributed by atoms with E-state index in [4.69, 9.17) is 11.0 Å². The van der Waals surface area contributed by atoms with Gasteiger partial charge < -0.3 is 15.5 Å². The molecule has 1 aromatic rings. The molecule has 1 amide bonds. The van der Waals surface area contributed by atoms with E-state index in [2.05, 4.69) is 11.0 Å². The maximum absolute atomic E-state index is 11.4. The van der Waals surface area contributed by atoms with Crippen LogP contribution in [-0.4, -0.2) is 37.0 Å². The molecule has 0 atom stereocenters. The van der Waals surface area contributed by atoms with Crippen molar-refractivity contribution in [3.8, 4) is 6.07 Å². The Morgan fingerprint density at radius 1 is 1.32 bits per heavy atom. The summed E-state index contributed by atoms with van der Waals surface area (Å²) in [4.78, 5) is 15.4. The third-order valence-electron chi connectivity index (χ3n) is 3.44. The summed E-state index contributed by atoms with van der Waals surface area (Å²) < 4.78 is 0. The first-order valence-corrected chi connectivity index (χ1v) is 6.42. The average Bonchev–Trinajstić information content (AvgIpc) is 2.64. The predicted octanol–water partition coefficient (Wildman–Crippen LogP) is 1.20. The van der Waals surface area contributed by atoms with Gasteiger partial charge in [-0.2, -0.15) is 5.26 Å². The smallest absolute Gasteiger partial charge is 0.219 e. The Morgan fingerprint density at radius 2 is 2.11 bits per heavy atom. The van der Waals surface area contributed by atoms with Gasteiger partial charge in [0.25, 0.3) is 0 Å². The lowest BCUT2D eigenvalue weighted by Crippen LogP contribution is -2.33. The third kappa shape index (κ3) is 2.97. The lowest BCUT2D eigenvalue weighted by Gasteiger charge is -2.24. The van der Waals surface area contributed by atoms with E-state index in [-0.39, 0.29) is 5.91 Å². The number of hydrogen-bond acceptors (Lipinski definition) is 4. The maximum Gasteiger partial charge on any atom is 0.219 e. The molecule has 2 N–H and O–H groups in total. The van der Waals surface area contributed by atoms with Gasteiger partial charge >= 0.3 is 0 Å². The molecule has 5 heteroatoms. The molecule has 1 aliphatic heterocycles. The number of anilines is 2. The lowest BCUT2D eigenvalue weighted by molar-refractivity contribution is -0.128. The van der Waals surface area contributed by atoms with E-state index in [1.165, 1.54) is 0 Å². The van der Waals surface area contributed by atoms with Crippen LogP contribution in [0.3, 0.4) is 0 Å². The van der Waals surface area contributed by atoms with E-state index in [9.17, 15) is 4.79 Å². The Kier molecular flexibility index (Phi) is 3.91. The highest BCUT2D eigenvalue weighted by atomic mass is 16.2. The zero-order valence-corrected chi connectivity index (χ0v) is 11.1. The Bertz CT molecular complexity index is 521. The Hall–Kier alpha value is -2.22. The molecular formula is C14H18N4O. The van der Waals surface area contributed by atoms with Crippen LogP contribution in [0.4, 0.5) is 11.4 Å². The number of benzene rings is 1. The minimum atomic E-state index is 0.120. The van der Waals surface area contributed by atoms with Gasteiger partial charge in [0.05, 0.1) is 23.0 Å². The molecule has 1 saturated heterocycles. The SMILES string of the molecule is CC(=O)N1CCCN(c2ccc(C#N)cc2N)CC1. The van der Waals surface area contributed by atoms with E-state index in [1.807, 2.05) is 11.0 Å². The van der Waals surface area contributed by atoms with Crippen LogP contribution >= 0.6 is 0 Å². The molecule has 0 unspecified atom stereocenters. The first kappa shape index (κ1) is 13.2. The van der Waals surface area contributed by atoms with E-state index < -0.39 is 0 Å². The first-order valence-electron chi connectivity index (χ1n) is 6.42. The zero-order valence-electron chi connectivity index (χ0n) is 11.1. The molecule has 1 fully saturated rings. The van der Waals surface area contributed by atoms with Crippen molar-refractivity contribution in [2.45, 2.75) is 13.3 Å². The third-order valence-corrected chi connectivity index (χ3v) is 3.44. The van der Waals surface area contributed by atoms with Crippen LogP contribution in [0.25, 0.3) is 0 Å². The van der Waals surface area contributed by atoms with Gasteiger partial charge in [0.15, 0.2) is 0 Å². The second kappa shape index (κ2) is 5.61. The van der Waals surface area contributed by atoms with E-state index in [0.29, 0.717) is 11.3 Å². The largest absolute Gasteiger partial charge is 0.397 e. The van der Waals surface area contributed by atoms with Gasteiger partial charge in [-0.05, 0) is 24.6 Å². The molecule has 0 aliphatic carbocycles. The van der Waals surface area contributed by atoms with Crippen molar-refractivity contribution < 1.29 is 4.79 Å². The highest BCUT2D eigenvalue weighted by Gasteiger charge is 2.18. The van der Waals surface area contributed by atoms with Crippen molar-refractivity contribution >= 4 is 17.3 Å². The fourth-order valence-corrected chi connectivity index (χ4v) is 2.39. The number of carbonyl (C=O) groups excluding carboxylic acids is 1. The Balaban J connectivity index is 2.14. The standard InChI is InChI=1S/C14H18N4O/c1-11(19)17-5-2-6-18(8-7-17)14-4-3-12(10-15)9-13(14)16/h3-4,9H,2,5-8,16H2,1H3. The fourth-order valence-electron chi connectivity index (χ4n) is 2.39. The molecule has 1 aromatic carbocycles. The summed E-state index contributed by atoms with van der Waals surface area (Å²) in [6, 6.07) is 7.44. The Morgan fingerprint density at radius 3 is 2.74 bits per heavy atom. The summed E-state index contributed by atoms with van der Waals surface area (Å²) in [6.07, 6.45) is 0.930. The fraction of sp³-hybridized carbons (Fsp3) is 0.429. The monoisotopic (exact) mass is 258 g/mol. The summed E-state index contributed by atoms with van der Waals surface area (Å²) in [5.41, 5.74) is 8.14. The normalized spacial score (nSPS) is 15.8. The van der Waals surface area contributed by atoms with E-state index in [1.54, 1.807) is 19.1 Å². The van der Waals surface area contributed by atoms with Crippen LogP contribution in [0, 0.1) is 11.3 Å². The van der Waals surface area contributed by atoms with Crippen molar-refractivity contribution in [3.63, 3.8) is 0 Å². The van der Waals surface area contributed by atoms with Crippen molar-refractivity contribution in [2.24, 2.45) is 0 Å². The maximum atomic E-state index is 11.4. The van der Waals surface area contributed by atoms with Crippen LogP contribution in [0.5, 0.6) is 0 Å². The number of rotatable bonds is 1.